The number of anilines is 1. The normalized spacial score (nSPS) is 35.0. The van der Waals surface area contributed by atoms with Gasteiger partial charge in [0.25, 0.3) is 0 Å². The van der Waals surface area contributed by atoms with Gasteiger partial charge in [-0.05, 0) is 56.1 Å². The van der Waals surface area contributed by atoms with E-state index in [2.05, 4.69) is 0 Å². The van der Waals surface area contributed by atoms with E-state index in [1.54, 1.807) is 0 Å². The maximum absolute atomic E-state index is 12.8. The fraction of sp³-hybridized carbons (Fsp3) is 0.529. The molecule has 0 spiro atoms. The van der Waals surface area contributed by atoms with Crippen LogP contribution in [-0.2, 0) is 9.59 Å². The van der Waals surface area contributed by atoms with Crippen LogP contribution >= 0.6 is 0 Å². The van der Waals surface area contributed by atoms with Gasteiger partial charge in [0, 0.05) is 0 Å². The van der Waals surface area contributed by atoms with Gasteiger partial charge in [-0.15, -0.1) is 0 Å². The van der Waals surface area contributed by atoms with Gasteiger partial charge in [-0.3, -0.25) is 9.59 Å². The average molecular weight is 269 g/mol. The number of benzene rings is 1. The van der Waals surface area contributed by atoms with E-state index in [1.165, 1.54) is 4.90 Å². The first kappa shape index (κ1) is 12.1. The number of carbonyl (C=O) groups excluding carboxylic acids is 2. The number of amides is 2. The summed E-state index contributed by atoms with van der Waals surface area (Å²) >= 11 is 0. The lowest BCUT2D eigenvalue weighted by molar-refractivity contribution is -0.123. The third-order valence-corrected chi connectivity index (χ3v) is 5.59. The minimum Gasteiger partial charge on any atom is -0.274 e. The number of fused-ring (bicyclic) bond motifs is 5. The molecule has 2 amide bonds. The molecule has 0 unspecified atom stereocenters. The van der Waals surface area contributed by atoms with E-state index < -0.39 is 0 Å². The van der Waals surface area contributed by atoms with Crippen molar-refractivity contribution in [3.8, 4) is 0 Å². The van der Waals surface area contributed by atoms with E-state index in [0.29, 0.717) is 11.8 Å². The monoisotopic (exact) mass is 269 g/mol. The van der Waals surface area contributed by atoms with Crippen molar-refractivity contribution in [3.05, 3.63) is 29.3 Å². The highest BCUT2D eigenvalue weighted by molar-refractivity contribution is 6.23. The van der Waals surface area contributed by atoms with E-state index >= 15 is 0 Å². The summed E-state index contributed by atoms with van der Waals surface area (Å²) in [6.45, 7) is 3.96. The van der Waals surface area contributed by atoms with Crippen LogP contribution in [0.3, 0.4) is 0 Å². The molecule has 2 saturated carbocycles. The predicted molar refractivity (Wildman–Crippen MR) is 76.2 cm³/mol. The summed E-state index contributed by atoms with van der Waals surface area (Å²) < 4.78 is 0. The molecule has 4 atom stereocenters. The van der Waals surface area contributed by atoms with Crippen LogP contribution in [0.2, 0.25) is 0 Å². The van der Waals surface area contributed by atoms with Crippen LogP contribution in [0.1, 0.15) is 30.4 Å². The Morgan fingerprint density at radius 3 is 1.95 bits per heavy atom. The van der Waals surface area contributed by atoms with Crippen LogP contribution in [-0.4, -0.2) is 11.8 Å². The molecule has 2 aliphatic carbocycles. The molecule has 0 aromatic heterocycles. The largest absolute Gasteiger partial charge is 0.274 e. The van der Waals surface area contributed by atoms with Gasteiger partial charge in [-0.25, -0.2) is 4.90 Å². The van der Waals surface area contributed by atoms with Gasteiger partial charge < -0.3 is 0 Å². The number of imide groups is 1. The molecule has 0 radical (unpaired) electrons. The lowest BCUT2D eigenvalue weighted by atomic mass is 9.81. The smallest absolute Gasteiger partial charge is 0.237 e. The molecule has 3 heteroatoms. The Hall–Kier alpha value is -1.64. The molecule has 20 heavy (non-hydrogen) atoms. The molecular weight excluding hydrogens is 250 g/mol. The highest BCUT2D eigenvalue weighted by Crippen LogP contribution is 2.56. The summed E-state index contributed by atoms with van der Waals surface area (Å²) in [5.41, 5.74) is 2.86. The van der Waals surface area contributed by atoms with Gasteiger partial charge in [0.1, 0.15) is 0 Å². The predicted octanol–water partition coefficient (Wildman–Crippen LogP) is 2.84. The standard InChI is InChI=1S/C17H19NO2/c1-9-4-3-5-10(2)15(9)18-16(19)13-11-6-7-12(8-11)14(13)17(18)20/h3-5,11-14H,6-8H2,1-2H3/t11-,12+,13-,14-/m0/s1. The Bertz CT molecular complexity index is 573. The fourth-order valence-corrected chi connectivity index (χ4v) is 4.79. The third kappa shape index (κ3) is 1.36. The van der Waals surface area contributed by atoms with Crippen molar-refractivity contribution in [1.82, 2.24) is 0 Å². The Labute approximate surface area is 119 Å². The zero-order chi connectivity index (χ0) is 14.0. The lowest BCUT2D eigenvalue weighted by Gasteiger charge is -2.21. The Balaban J connectivity index is 1.81. The molecule has 1 heterocycles. The zero-order valence-electron chi connectivity index (χ0n) is 11.9. The molecule has 0 N–H and O–H groups in total. The van der Waals surface area contributed by atoms with Crippen molar-refractivity contribution in [2.24, 2.45) is 23.7 Å². The molecule has 1 saturated heterocycles. The Kier molecular flexibility index (Phi) is 2.39. The van der Waals surface area contributed by atoms with Crippen LogP contribution in [0, 0.1) is 37.5 Å². The SMILES string of the molecule is Cc1cccc(C)c1N1C(=O)[C@H]2[C@@H]3CC[C@@H](C3)[C@@H]2C1=O. The van der Waals surface area contributed by atoms with Crippen molar-refractivity contribution in [2.75, 3.05) is 4.90 Å². The second kappa shape index (κ2) is 3.94. The molecule has 2 bridgehead atoms. The average Bonchev–Trinajstić information content (AvgIpc) is 3.07. The summed E-state index contributed by atoms with van der Waals surface area (Å²) in [6, 6.07) is 5.93. The quantitative estimate of drug-likeness (QED) is 0.735. The van der Waals surface area contributed by atoms with E-state index in [1.807, 2.05) is 32.0 Å². The first-order valence-electron chi connectivity index (χ1n) is 7.53. The second-order valence-electron chi connectivity index (χ2n) is 6.64. The number of carbonyl (C=O) groups is 2. The number of nitrogens with zero attached hydrogens (tertiary/aromatic N) is 1. The fourth-order valence-electron chi connectivity index (χ4n) is 4.79. The number of hydrogen-bond acceptors (Lipinski definition) is 2. The van der Waals surface area contributed by atoms with Gasteiger partial charge in [0.2, 0.25) is 11.8 Å². The van der Waals surface area contributed by atoms with Crippen molar-refractivity contribution in [3.63, 3.8) is 0 Å². The third-order valence-electron chi connectivity index (χ3n) is 5.59. The van der Waals surface area contributed by atoms with Gasteiger partial charge in [-0.2, -0.15) is 0 Å². The zero-order valence-corrected chi connectivity index (χ0v) is 11.9. The van der Waals surface area contributed by atoms with Crippen LogP contribution in [0.15, 0.2) is 18.2 Å². The highest BCUT2D eigenvalue weighted by atomic mass is 16.2. The van der Waals surface area contributed by atoms with E-state index in [0.717, 1.165) is 36.1 Å². The van der Waals surface area contributed by atoms with Crippen LogP contribution in [0.5, 0.6) is 0 Å². The summed E-state index contributed by atoms with van der Waals surface area (Å²) in [6.07, 6.45) is 3.35. The molecule has 3 fully saturated rings. The number of aryl methyl sites for hydroxylation is 2. The van der Waals surface area contributed by atoms with Crippen molar-refractivity contribution < 1.29 is 9.59 Å². The second-order valence-corrected chi connectivity index (χ2v) is 6.64. The molecule has 1 aliphatic heterocycles. The molecule has 4 rings (SSSR count). The van der Waals surface area contributed by atoms with Crippen molar-refractivity contribution >= 4 is 17.5 Å². The molecular formula is C17H19NO2. The highest BCUT2D eigenvalue weighted by Gasteiger charge is 2.61. The van der Waals surface area contributed by atoms with Crippen LogP contribution < -0.4 is 4.90 Å². The van der Waals surface area contributed by atoms with E-state index in [-0.39, 0.29) is 23.7 Å². The molecule has 1 aromatic carbocycles. The maximum Gasteiger partial charge on any atom is 0.237 e. The molecule has 3 aliphatic rings. The van der Waals surface area contributed by atoms with Crippen LogP contribution in [0.25, 0.3) is 0 Å². The van der Waals surface area contributed by atoms with Crippen molar-refractivity contribution in [1.29, 1.82) is 0 Å². The molecule has 104 valence electrons. The minimum atomic E-state index is -0.0275. The topological polar surface area (TPSA) is 37.4 Å². The van der Waals surface area contributed by atoms with Crippen LogP contribution in [0.4, 0.5) is 5.69 Å². The Morgan fingerprint density at radius 1 is 0.950 bits per heavy atom. The van der Waals surface area contributed by atoms with Gasteiger partial charge in [0.15, 0.2) is 0 Å². The Morgan fingerprint density at radius 2 is 1.45 bits per heavy atom. The molecule has 1 aromatic rings. The summed E-state index contributed by atoms with van der Waals surface area (Å²) in [7, 11) is 0. The molecule has 3 nitrogen and oxygen atoms in total. The van der Waals surface area contributed by atoms with Gasteiger partial charge in [0.05, 0.1) is 17.5 Å². The summed E-state index contributed by atoms with van der Waals surface area (Å²) in [5.74, 6) is 0.973. The number of hydrogen-bond donors (Lipinski definition) is 0. The minimum absolute atomic E-state index is 0.0275. The number of rotatable bonds is 1. The van der Waals surface area contributed by atoms with E-state index in [4.69, 9.17) is 0 Å². The van der Waals surface area contributed by atoms with Gasteiger partial charge >= 0.3 is 0 Å². The number of para-hydroxylation sites is 1. The first-order valence-corrected chi connectivity index (χ1v) is 7.53. The summed E-state index contributed by atoms with van der Waals surface area (Å²) in [5, 5.41) is 0. The summed E-state index contributed by atoms with van der Waals surface area (Å²) in [4.78, 5) is 27.1. The maximum atomic E-state index is 12.8. The van der Waals surface area contributed by atoms with E-state index in [9.17, 15) is 9.59 Å². The first-order chi connectivity index (χ1) is 9.59. The van der Waals surface area contributed by atoms with Gasteiger partial charge in [-0.1, -0.05) is 18.2 Å². The van der Waals surface area contributed by atoms with Crippen molar-refractivity contribution in [2.45, 2.75) is 33.1 Å². The lowest BCUT2D eigenvalue weighted by Crippen LogP contribution is -2.33.